The number of nitrogens with two attached hydrogens (primary N) is 1. The Labute approximate surface area is 126 Å². The zero-order valence-electron chi connectivity index (χ0n) is 12.9. The third kappa shape index (κ3) is 3.48. The van der Waals surface area contributed by atoms with Gasteiger partial charge in [0.1, 0.15) is 4.90 Å². The largest absolute Gasteiger partial charge is 0.383 e. The highest BCUT2D eigenvalue weighted by Crippen LogP contribution is 2.32. The van der Waals surface area contributed by atoms with Crippen LogP contribution in [0, 0.1) is 0 Å². The highest BCUT2D eigenvalue weighted by atomic mass is 32.2. The Kier molecular flexibility index (Phi) is 5.08. The zero-order valence-corrected chi connectivity index (χ0v) is 13.8. The van der Waals surface area contributed by atoms with E-state index in [0.717, 1.165) is 18.5 Å². The average Bonchev–Trinajstić information content (AvgIpc) is 3.15. The topological polar surface area (TPSA) is 77.6 Å². The maximum atomic E-state index is 12.8. The van der Waals surface area contributed by atoms with Crippen molar-refractivity contribution in [1.29, 1.82) is 0 Å². The molecular weight excluding hydrogens is 290 g/mol. The maximum Gasteiger partial charge on any atom is 0.244 e. The van der Waals surface area contributed by atoms with E-state index < -0.39 is 10.0 Å². The molecular formula is C14H25N3O3S. The highest BCUT2D eigenvalue weighted by Gasteiger charge is 2.38. The van der Waals surface area contributed by atoms with E-state index in [9.17, 15) is 8.42 Å². The van der Waals surface area contributed by atoms with Crippen LogP contribution in [0.5, 0.6) is 0 Å². The monoisotopic (exact) mass is 315 g/mol. The second kappa shape index (κ2) is 6.48. The van der Waals surface area contributed by atoms with Gasteiger partial charge in [0, 0.05) is 44.2 Å². The summed E-state index contributed by atoms with van der Waals surface area (Å²) in [6, 6.07) is 1.99. The van der Waals surface area contributed by atoms with E-state index in [-0.39, 0.29) is 12.1 Å². The molecule has 120 valence electrons. The molecule has 21 heavy (non-hydrogen) atoms. The molecule has 0 atom stereocenters. The van der Waals surface area contributed by atoms with Gasteiger partial charge in [-0.1, -0.05) is 0 Å². The molecule has 1 aliphatic rings. The van der Waals surface area contributed by atoms with Crippen LogP contribution >= 0.6 is 0 Å². The fraction of sp³-hybridized carbons (Fsp3) is 0.714. The molecule has 0 spiro atoms. The van der Waals surface area contributed by atoms with Crippen molar-refractivity contribution >= 4 is 10.0 Å². The lowest BCUT2D eigenvalue weighted by molar-refractivity contribution is 0.177. The quantitative estimate of drug-likeness (QED) is 0.785. The number of methoxy groups -OCH3 is 1. The number of ether oxygens (including phenoxy) is 1. The van der Waals surface area contributed by atoms with Crippen LogP contribution < -0.4 is 5.73 Å². The minimum Gasteiger partial charge on any atom is -0.383 e. The summed E-state index contributed by atoms with van der Waals surface area (Å²) >= 11 is 0. The van der Waals surface area contributed by atoms with Gasteiger partial charge in [-0.3, -0.25) is 0 Å². The summed E-state index contributed by atoms with van der Waals surface area (Å²) < 4.78 is 34.2. The predicted octanol–water partition coefficient (Wildman–Crippen LogP) is 1.33. The van der Waals surface area contributed by atoms with E-state index in [1.54, 1.807) is 23.7 Å². The van der Waals surface area contributed by atoms with Crippen LogP contribution in [-0.2, 0) is 21.3 Å². The molecule has 0 bridgehead atoms. The summed E-state index contributed by atoms with van der Waals surface area (Å²) in [5, 5.41) is 0. The van der Waals surface area contributed by atoms with Crippen LogP contribution in [0.1, 0.15) is 38.4 Å². The fourth-order valence-corrected chi connectivity index (χ4v) is 4.18. The maximum absolute atomic E-state index is 12.8. The van der Waals surface area contributed by atoms with Crippen LogP contribution in [0.15, 0.2) is 17.2 Å². The number of nitrogens with zero attached hydrogens (tertiary/aromatic N) is 2. The number of sulfonamides is 1. The lowest BCUT2D eigenvalue weighted by Crippen LogP contribution is -2.35. The van der Waals surface area contributed by atoms with Crippen molar-refractivity contribution in [1.82, 2.24) is 8.87 Å². The predicted molar refractivity (Wildman–Crippen MR) is 81.5 cm³/mol. The van der Waals surface area contributed by atoms with Crippen LogP contribution in [0.25, 0.3) is 0 Å². The first kappa shape index (κ1) is 16.5. The average molecular weight is 315 g/mol. The molecule has 1 aromatic rings. The molecule has 0 aliphatic heterocycles. The molecule has 2 rings (SSSR count). The second-order valence-electron chi connectivity index (χ2n) is 5.71. The smallest absolute Gasteiger partial charge is 0.244 e. The van der Waals surface area contributed by atoms with E-state index in [1.807, 2.05) is 18.4 Å². The van der Waals surface area contributed by atoms with Crippen molar-refractivity contribution in [3.05, 3.63) is 18.0 Å². The van der Waals surface area contributed by atoms with E-state index in [2.05, 4.69) is 0 Å². The minimum atomic E-state index is -3.48. The third-order valence-electron chi connectivity index (χ3n) is 3.75. The molecule has 0 amide bonds. The second-order valence-corrected chi connectivity index (χ2v) is 7.60. The number of aromatic nitrogens is 1. The van der Waals surface area contributed by atoms with Crippen LogP contribution in [0.3, 0.4) is 0 Å². The van der Waals surface area contributed by atoms with Gasteiger partial charge in [0.15, 0.2) is 0 Å². The first-order valence-electron chi connectivity index (χ1n) is 7.33. The molecule has 1 aliphatic carbocycles. The van der Waals surface area contributed by atoms with Gasteiger partial charge in [0.25, 0.3) is 0 Å². The highest BCUT2D eigenvalue weighted by molar-refractivity contribution is 7.89. The molecule has 1 fully saturated rings. The van der Waals surface area contributed by atoms with Crippen molar-refractivity contribution < 1.29 is 13.2 Å². The molecule has 6 nitrogen and oxygen atoms in total. The molecule has 2 N–H and O–H groups in total. The Bertz CT molecular complexity index is 576. The first-order chi connectivity index (χ1) is 9.91. The lowest BCUT2D eigenvalue weighted by atomic mass is 10.3. The molecule has 7 heteroatoms. The standard InChI is InChI=1S/C14H25N3O3S/c1-11(2)16-10-14(8-13(16)9-15)21(18,19)17(6-7-20-3)12-4-5-12/h8,10-12H,4-7,9,15H2,1-3H3. The molecule has 0 radical (unpaired) electrons. The van der Waals surface area contributed by atoms with Crippen LogP contribution in [-0.4, -0.2) is 43.6 Å². The Balaban J connectivity index is 2.33. The number of rotatable bonds is 8. The Morgan fingerprint density at radius 1 is 1.48 bits per heavy atom. The van der Waals surface area contributed by atoms with Gasteiger partial charge < -0.3 is 15.0 Å². The van der Waals surface area contributed by atoms with E-state index in [4.69, 9.17) is 10.5 Å². The van der Waals surface area contributed by atoms with Crippen molar-refractivity contribution in [3.63, 3.8) is 0 Å². The normalized spacial score (nSPS) is 16.1. The number of hydrogen-bond acceptors (Lipinski definition) is 4. The summed E-state index contributed by atoms with van der Waals surface area (Å²) in [4.78, 5) is 0.333. The van der Waals surface area contributed by atoms with Gasteiger partial charge in [0.05, 0.1) is 6.61 Å². The third-order valence-corrected chi connectivity index (χ3v) is 5.67. The van der Waals surface area contributed by atoms with Crippen LogP contribution in [0.2, 0.25) is 0 Å². The SMILES string of the molecule is COCCN(C1CC1)S(=O)(=O)c1cc(CN)n(C(C)C)c1. The minimum absolute atomic E-state index is 0.119. The Morgan fingerprint density at radius 2 is 2.14 bits per heavy atom. The molecule has 1 heterocycles. The zero-order chi connectivity index (χ0) is 15.6. The van der Waals surface area contributed by atoms with Gasteiger partial charge >= 0.3 is 0 Å². The molecule has 1 saturated carbocycles. The van der Waals surface area contributed by atoms with Gasteiger partial charge in [-0.25, -0.2) is 8.42 Å². The van der Waals surface area contributed by atoms with Crippen molar-refractivity contribution in [3.8, 4) is 0 Å². The first-order valence-corrected chi connectivity index (χ1v) is 8.77. The summed E-state index contributed by atoms with van der Waals surface area (Å²) in [6.07, 6.45) is 3.56. The Hall–Kier alpha value is -0.890. The summed E-state index contributed by atoms with van der Waals surface area (Å²) in [5.41, 5.74) is 6.56. The fourth-order valence-electron chi connectivity index (χ4n) is 2.46. The van der Waals surface area contributed by atoms with Gasteiger partial charge in [-0.2, -0.15) is 4.31 Å². The van der Waals surface area contributed by atoms with Crippen molar-refractivity contribution in [2.75, 3.05) is 20.3 Å². The van der Waals surface area contributed by atoms with Crippen LogP contribution in [0.4, 0.5) is 0 Å². The van der Waals surface area contributed by atoms with E-state index >= 15 is 0 Å². The summed E-state index contributed by atoms with van der Waals surface area (Å²) in [7, 11) is -1.90. The Morgan fingerprint density at radius 3 is 2.57 bits per heavy atom. The molecule has 0 aromatic carbocycles. The van der Waals surface area contributed by atoms with E-state index in [1.165, 1.54) is 0 Å². The molecule has 1 aromatic heterocycles. The van der Waals surface area contributed by atoms with Crippen molar-refractivity contribution in [2.24, 2.45) is 5.73 Å². The summed E-state index contributed by atoms with van der Waals surface area (Å²) in [6.45, 7) is 5.16. The lowest BCUT2D eigenvalue weighted by Gasteiger charge is -2.20. The van der Waals surface area contributed by atoms with Crippen molar-refractivity contribution in [2.45, 2.75) is 50.2 Å². The summed E-state index contributed by atoms with van der Waals surface area (Å²) in [5.74, 6) is 0. The number of hydrogen-bond donors (Lipinski definition) is 1. The van der Waals surface area contributed by atoms with E-state index in [0.29, 0.717) is 24.6 Å². The van der Waals surface area contributed by atoms with Gasteiger partial charge in [-0.05, 0) is 32.8 Å². The molecule has 0 unspecified atom stereocenters. The van der Waals surface area contributed by atoms with Gasteiger partial charge in [-0.15, -0.1) is 0 Å². The van der Waals surface area contributed by atoms with Gasteiger partial charge in [0.2, 0.25) is 10.0 Å². The molecule has 0 saturated heterocycles.